The van der Waals surface area contributed by atoms with Crippen LogP contribution in [0.3, 0.4) is 0 Å². The maximum Gasteiger partial charge on any atom is 0.343 e. The minimum atomic E-state index is -0.471. The molecule has 138 valence electrons. The maximum absolute atomic E-state index is 12.1. The number of benzene rings is 3. The molecule has 0 N–H and O–H groups in total. The highest BCUT2D eigenvalue weighted by Crippen LogP contribution is 2.20. The van der Waals surface area contributed by atoms with Crippen LogP contribution < -0.4 is 9.64 Å². The van der Waals surface area contributed by atoms with E-state index >= 15 is 0 Å². The number of carbonyl (C=O) groups is 1. The molecule has 0 saturated carbocycles. The summed E-state index contributed by atoms with van der Waals surface area (Å²) in [5.41, 5.74) is 3.78. The molecule has 3 aromatic carbocycles. The molecule has 3 rings (SSSR count). The smallest absolute Gasteiger partial charge is 0.343 e. The number of ether oxygens (including phenoxy) is 1. The lowest BCUT2D eigenvalue weighted by atomic mass is 10.1. The number of hydrogen-bond donors (Lipinski definition) is 0. The zero-order valence-corrected chi connectivity index (χ0v) is 15.7. The molecule has 0 spiro atoms. The average molecular weight is 369 g/mol. The van der Waals surface area contributed by atoms with Crippen LogP contribution in [0.4, 0.5) is 11.4 Å². The van der Waals surface area contributed by atoms with E-state index in [1.54, 1.807) is 54.7 Å². The molecule has 0 amide bonds. The second-order valence-corrected chi connectivity index (χ2v) is 6.32. The van der Waals surface area contributed by atoms with E-state index in [-0.39, 0.29) is 0 Å². The van der Waals surface area contributed by atoms with Crippen LogP contribution >= 0.6 is 0 Å². The summed E-state index contributed by atoms with van der Waals surface area (Å²) in [5.74, 6) is -0.0367. The minimum Gasteiger partial charge on any atom is -0.423 e. The normalized spacial score (nSPS) is 10.5. The second kappa shape index (κ2) is 8.65. The first-order chi connectivity index (χ1) is 13.5. The highest BCUT2D eigenvalue weighted by atomic mass is 16.5. The van der Waals surface area contributed by atoms with Gasteiger partial charge in [0, 0.05) is 26.0 Å². The molecule has 5 nitrogen and oxygen atoms in total. The lowest BCUT2D eigenvalue weighted by molar-refractivity contribution is 0.0735. The molecule has 28 heavy (non-hydrogen) atoms. The SMILES string of the molecule is CN(C)c1ccc(C=Nc2ccc(OC(=O)c3ccc(C#N)cc3)cc2)cc1. The Bertz CT molecular complexity index is 1010. The summed E-state index contributed by atoms with van der Waals surface area (Å²) in [6.45, 7) is 0. The third-order valence-corrected chi connectivity index (χ3v) is 4.07. The van der Waals surface area contributed by atoms with Gasteiger partial charge >= 0.3 is 5.97 Å². The first-order valence-corrected chi connectivity index (χ1v) is 8.69. The first-order valence-electron chi connectivity index (χ1n) is 8.69. The second-order valence-electron chi connectivity index (χ2n) is 6.32. The van der Waals surface area contributed by atoms with Crippen molar-refractivity contribution in [3.63, 3.8) is 0 Å². The van der Waals surface area contributed by atoms with Crippen LogP contribution in [0.15, 0.2) is 77.8 Å². The highest BCUT2D eigenvalue weighted by Gasteiger charge is 2.08. The van der Waals surface area contributed by atoms with Crippen LogP contribution in [0, 0.1) is 11.3 Å². The Kier molecular flexibility index (Phi) is 5.83. The number of rotatable bonds is 5. The fourth-order valence-electron chi connectivity index (χ4n) is 2.45. The molecule has 0 atom stereocenters. The quantitative estimate of drug-likeness (QED) is 0.375. The lowest BCUT2D eigenvalue weighted by Crippen LogP contribution is -2.08. The predicted molar refractivity (Wildman–Crippen MR) is 111 cm³/mol. The van der Waals surface area contributed by atoms with E-state index in [1.165, 1.54) is 0 Å². The number of nitriles is 1. The number of esters is 1. The largest absolute Gasteiger partial charge is 0.423 e. The van der Waals surface area contributed by atoms with Gasteiger partial charge in [-0.3, -0.25) is 4.99 Å². The van der Waals surface area contributed by atoms with Crippen molar-refractivity contribution in [1.82, 2.24) is 0 Å². The van der Waals surface area contributed by atoms with E-state index in [0.29, 0.717) is 16.9 Å². The van der Waals surface area contributed by atoms with E-state index < -0.39 is 5.97 Å². The van der Waals surface area contributed by atoms with Crippen LogP contribution in [0.1, 0.15) is 21.5 Å². The van der Waals surface area contributed by atoms with Crippen LogP contribution in [0.2, 0.25) is 0 Å². The molecule has 0 bridgehead atoms. The van der Waals surface area contributed by atoms with Gasteiger partial charge in [-0.1, -0.05) is 12.1 Å². The topological polar surface area (TPSA) is 65.7 Å². The summed E-state index contributed by atoms with van der Waals surface area (Å²) in [7, 11) is 4.00. The Hall–Kier alpha value is -3.91. The summed E-state index contributed by atoms with van der Waals surface area (Å²) in [4.78, 5) is 18.6. The molecule has 0 aliphatic rings. The van der Waals surface area contributed by atoms with Crippen LogP contribution in [-0.4, -0.2) is 26.3 Å². The van der Waals surface area contributed by atoms with Gasteiger partial charge < -0.3 is 9.64 Å². The van der Waals surface area contributed by atoms with Crippen molar-refractivity contribution in [3.05, 3.63) is 89.5 Å². The Morgan fingerprint density at radius 1 is 0.964 bits per heavy atom. The molecular formula is C23H19N3O2. The molecule has 0 radical (unpaired) electrons. The van der Waals surface area contributed by atoms with Crippen LogP contribution in [-0.2, 0) is 0 Å². The van der Waals surface area contributed by atoms with Gasteiger partial charge in [0.1, 0.15) is 5.75 Å². The molecule has 0 heterocycles. The maximum atomic E-state index is 12.1. The summed E-state index contributed by atoms with van der Waals surface area (Å²) in [6, 6.07) is 23.4. The van der Waals surface area contributed by atoms with Gasteiger partial charge in [0.15, 0.2) is 0 Å². The minimum absolute atomic E-state index is 0.391. The van der Waals surface area contributed by atoms with E-state index in [0.717, 1.165) is 16.9 Å². The standard InChI is InChI=1S/C23H19N3O2/c1-26(2)21-11-5-18(6-12-21)16-25-20-9-13-22(14-10-20)28-23(27)19-7-3-17(15-24)4-8-19/h3-14,16H,1-2H3. The van der Waals surface area contributed by atoms with Gasteiger partial charge in [0.25, 0.3) is 0 Å². The number of nitrogens with zero attached hydrogens (tertiary/aromatic N) is 3. The third kappa shape index (κ3) is 4.83. The molecule has 0 aromatic heterocycles. The summed E-state index contributed by atoms with van der Waals surface area (Å²) in [6.07, 6.45) is 1.79. The fraction of sp³-hybridized carbons (Fsp3) is 0.0870. The number of aliphatic imine (C=N–C) groups is 1. The van der Waals surface area contributed by atoms with E-state index in [9.17, 15) is 4.79 Å². The molecule has 0 unspecified atom stereocenters. The van der Waals surface area contributed by atoms with Crippen molar-refractivity contribution < 1.29 is 9.53 Å². The van der Waals surface area contributed by atoms with Crippen molar-refractivity contribution in [2.45, 2.75) is 0 Å². The van der Waals surface area contributed by atoms with E-state index in [1.807, 2.05) is 49.3 Å². The molecule has 0 aliphatic carbocycles. The fourth-order valence-corrected chi connectivity index (χ4v) is 2.45. The Morgan fingerprint density at radius 2 is 1.61 bits per heavy atom. The van der Waals surface area contributed by atoms with E-state index in [2.05, 4.69) is 4.99 Å². The molecule has 0 aliphatic heterocycles. The van der Waals surface area contributed by atoms with Crippen LogP contribution in [0.5, 0.6) is 5.75 Å². The molecule has 5 heteroatoms. The van der Waals surface area contributed by atoms with E-state index in [4.69, 9.17) is 10.00 Å². The first kappa shape index (κ1) is 18.9. The zero-order chi connectivity index (χ0) is 19.9. The van der Waals surface area contributed by atoms with Crippen molar-refractivity contribution in [2.24, 2.45) is 4.99 Å². The van der Waals surface area contributed by atoms with Crippen molar-refractivity contribution >= 4 is 23.6 Å². The molecule has 3 aromatic rings. The average Bonchev–Trinajstić information content (AvgIpc) is 2.73. The number of anilines is 1. The summed E-state index contributed by atoms with van der Waals surface area (Å²) < 4.78 is 5.35. The molecule has 0 saturated heterocycles. The van der Waals surface area contributed by atoms with Gasteiger partial charge in [-0.05, 0) is 66.2 Å². The Labute approximate surface area is 164 Å². The van der Waals surface area contributed by atoms with Crippen molar-refractivity contribution in [3.8, 4) is 11.8 Å². The van der Waals surface area contributed by atoms with Crippen LogP contribution in [0.25, 0.3) is 0 Å². The Balaban J connectivity index is 1.62. The molecular weight excluding hydrogens is 350 g/mol. The highest BCUT2D eigenvalue weighted by molar-refractivity contribution is 5.91. The number of carbonyl (C=O) groups excluding carboxylic acids is 1. The Morgan fingerprint density at radius 3 is 2.18 bits per heavy atom. The van der Waals surface area contributed by atoms with Gasteiger partial charge in [-0.25, -0.2) is 4.79 Å². The summed E-state index contributed by atoms with van der Waals surface area (Å²) in [5, 5.41) is 8.80. The zero-order valence-electron chi connectivity index (χ0n) is 15.7. The predicted octanol–water partition coefficient (Wildman–Crippen LogP) is 4.59. The van der Waals surface area contributed by atoms with Gasteiger partial charge in [0.05, 0.1) is 22.9 Å². The monoisotopic (exact) mass is 369 g/mol. The van der Waals surface area contributed by atoms with Gasteiger partial charge in [0.2, 0.25) is 0 Å². The van der Waals surface area contributed by atoms with Gasteiger partial charge in [-0.2, -0.15) is 5.26 Å². The summed E-state index contributed by atoms with van der Waals surface area (Å²) >= 11 is 0. The van der Waals surface area contributed by atoms with Crippen molar-refractivity contribution in [1.29, 1.82) is 5.26 Å². The lowest BCUT2D eigenvalue weighted by Gasteiger charge is -2.11. The van der Waals surface area contributed by atoms with Gasteiger partial charge in [-0.15, -0.1) is 0 Å². The molecule has 0 fully saturated rings. The third-order valence-electron chi connectivity index (χ3n) is 4.07. The van der Waals surface area contributed by atoms with Crippen molar-refractivity contribution in [2.75, 3.05) is 19.0 Å². The number of hydrogen-bond acceptors (Lipinski definition) is 5.